The molecule has 3 aromatic heterocycles. The maximum Gasteiger partial charge on any atom is 0.164 e. The van der Waals surface area contributed by atoms with Crippen molar-refractivity contribution in [2.45, 2.75) is 6.92 Å². The Balaban J connectivity index is 1.07. The van der Waals surface area contributed by atoms with Crippen molar-refractivity contribution in [2.24, 2.45) is 0 Å². The van der Waals surface area contributed by atoms with Crippen molar-refractivity contribution in [2.75, 3.05) is 0 Å². The molecule has 12 rings (SSSR count). The van der Waals surface area contributed by atoms with Gasteiger partial charge in [0.15, 0.2) is 17.5 Å². The average Bonchev–Trinajstić information content (AvgIpc) is 3.86. The summed E-state index contributed by atoms with van der Waals surface area (Å²) in [6.07, 6.45) is 0. The zero-order valence-electron chi connectivity index (χ0n) is 34.5. The molecule has 0 spiro atoms. The standard InChI is InChI=1S/C58H39N5/c1-38-25-32-49-47-21-11-13-23-51(47)62(54(49)35-38)45-31-34-53-50(37-45)48-22-12-14-24-52(48)63(53)55-36-44(30-33-46(55)41-17-7-3-8-18-41)58-60-56(42-19-9-4-10-20-42)59-57(61-58)43-28-26-40(27-29-43)39-15-5-2-6-16-39/h2-37H,1H3. The zero-order chi connectivity index (χ0) is 41.9. The minimum Gasteiger partial charge on any atom is -0.309 e. The van der Waals surface area contributed by atoms with Gasteiger partial charge < -0.3 is 9.13 Å². The third kappa shape index (κ3) is 6.29. The predicted octanol–water partition coefficient (Wildman–Crippen LogP) is 14.7. The van der Waals surface area contributed by atoms with E-state index in [1.165, 1.54) is 43.7 Å². The van der Waals surface area contributed by atoms with Crippen molar-refractivity contribution in [3.8, 4) is 67.8 Å². The largest absolute Gasteiger partial charge is 0.309 e. The molecule has 9 aromatic carbocycles. The van der Waals surface area contributed by atoms with Crippen LogP contribution in [0.15, 0.2) is 218 Å². The van der Waals surface area contributed by atoms with Gasteiger partial charge in [-0.15, -0.1) is 0 Å². The minimum absolute atomic E-state index is 0.608. The van der Waals surface area contributed by atoms with Gasteiger partial charge in [-0.3, -0.25) is 0 Å². The number of hydrogen-bond acceptors (Lipinski definition) is 3. The first-order valence-corrected chi connectivity index (χ1v) is 21.4. The Morgan fingerprint density at radius 3 is 1.46 bits per heavy atom. The van der Waals surface area contributed by atoms with Crippen LogP contribution in [0.25, 0.3) is 111 Å². The molecule has 12 aromatic rings. The second-order valence-corrected chi connectivity index (χ2v) is 16.1. The molecule has 5 nitrogen and oxygen atoms in total. The lowest BCUT2D eigenvalue weighted by Gasteiger charge is -2.16. The Morgan fingerprint density at radius 1 is 0.302 bits per heavy atom. The molecule has 0 unspecified atom stereocenters. The number of benzene rings is 9. The Kier molecular flexibility index (Phi) is 8.64. The van der Waals surface area contributed by atoms with Gasteiger partial charge in [0.1, 0.15) is 0 Å². The molecule has 0 fully saturated rings. The molecule has 0 bridgehead atoms. The Labute approximate surface area is 364 Å². The summed E-state index contributed by atoms with van der Waals surface area (Å²) < 4.78 is 4.83. The molecule has 3 heterocycles. The first-order chi connectivity index (χ1) is 31.1. The van der Waals surface area contributed by atoms with Crippen LogP contribution in [0.3, 0.4) is 0 Å². The first kappa shape index (κ1) is 36.4. The zero-order valence-corrected chi connectivity index (χ0v) is 34.5. The van der Waals surface area contributed by atoms with Crippen LogP contribution in [-0.2, 0) is 0 Å². The smallest absolute Gasteiger partial charge is 0.164 e. The van der Waals surface area contributed by atoms with Crippen LogP contribution in [0.2, 0.25) is 0 Å². The molecule has 296 valence electrons. The van der Waals surface area contributed by atoms with E-state index in [4.69, 9.17) is 15.0 Å². The molecule has 0 radical (unpaired) electrons. The molecule has 0 saturated heterocycles. The molecule has 5 heteroatoms. The van der Waals surface area contributed by atoms with Crippen molar-refractivity contribution in [1.29, 1.82) is 0 Å². The summed E-state index contributed by atoms with van der Waals surface area (Å²) in [5.41, 5.74) is 15.3. The lowest BCUT2D eigenvalue weighted by Crippen LogP contribution is -2.02. The fourth-order valence-corrected chi connectivity index (χ4v) is 9.23. The minimum atomic E-state index is 0.608. The monoisotopic (exact) mass is 805 g/mol. The Hall–Kier alpha value is -8.41. The van der Waals surface area contributed by atoms with Crippen LogP contribution in [0.1, 0.15) is 5.56 Å². The highest BCUT2D eigenvalue weighted by Gasteiger charge is 2.21. The fraction of sp³-hybridized carbons (Fsp3) is 0.0172. The van der Waals surface area contributed by atoms with Gasteiger partial charge in [0.25, 0.3) is 0 Å². The number of aryl methyl sites for hydroxylation is 1. The summed E-state index contributed by atoms with van der Waals surface area (Å²) in [4.78, 5) is 15.5. The highest BCUT2D eigenvalue weighted by molar-refractivity contribution is 6.12. The molecule has 0 saturated carbocycles. The lowest BCUT2D eigenvalue weighted by atomic mass is 10.0. The summed E-state index contributed by atoms with van der Waals surface area (Å²) in [6.45, 7) is 2.17. The predicted molar refractivity (Wildman–Crippen MR) is 260 cm³/mol. The summed E-state index contributed by atoms with van der Waals surface area (Å²) in [6, 6.07) is 77.5. The first-order valence-electron chi connectivity index (χ1n) is 21.4. The molecule has 0 aliphatic carbocycles. The van der Waals surface area contributed by atoms with E-state index >= 15 is 0 Å². The molecule has 0 N–H and O–H groups in total. The molecule has 0 aliphatic rings. The van der Waals surface area contributed by atoms with Crippen molar-refractivity contribution >= 4 is 43.6 Å². The van der Waals surface area contributed by atoms with Crippen molar-refractivity contribution in [3.63, 3.8) is 0 Å². The summed E-state index contributed by atoms with van der Waals surface area (Å²) in [5, 5.41) is 4.87. The van der Waals surface area contributed by atoms with Crippen LogP contribution < -0.4 is 0 Å². The van der Waals surface area contributed by atoms with Crippen LogP contribution in [0.4, 0.5) is 0 Å². The van der Waals surface area contributed by atoms with E-state index in [1.807, 2.05) is 24.3 Å². The van der Waals surface area contributed by atoms with Crippen LogP contribution in [-0.4, -0.2) is 24.1 Å². The van der Waals surface area contributed by atoms with Crippen molar-refractivity contribution in [3.05, 3.63) is 224 Å². The van der Waals surface area contributed by atoms with E-state index in [1.54, 1.807) is 0 Å². The fourth-order valence-electron chi connectivity index (χ4n) is 9.23. The van der Waals surface area contributed by atoms with Crippen LogP contribution >= 0.6 is 0 Å². The quantitative estimate of drug-likeness (QED) is 0.161. The topological polar surface area (TPSA) is 48.5 Å². The SMILES string of the molecule is Cc1ccc2c3ccccc3n(-c3ccc4c(c3)c3ccccc3n4-c3cc(-c4nc(-c5ccccc5)nc(-c5ccc(-c6ccccc6)cc5)n4)ccc3-c3ccccc3)c2c1. The summed E-state index contributed by atoms with van der Waals surface area (Å²) >= 11 is 0. The molecule has 63 heavy (non-hydrogen) atoms. The molecule has 0 atom stereocenters. The van der Waals surface area contributed by atoms with Gasteiger partial charge in [0.2, 0.25) is 0 Å². The molecule has 0 amide bonds. The number of aromatic nitrogens is 5. The van der Waals surface area contributed by atoms with Crippen molar-refractivity contribution in [1.82, 2.24) is 24.1 Å². The van der Waals surface area contributed by atoms with Crippen LogP contribution in [0.5, 0.6) is 0 Å². The van der Waals surface area contributed by atoms with Gasteiger partial charge in [0, 0.05) is 49.5 Å². The van der Waals surface area contributed by atoms with E-state index in [9.17, 15) is 0 Å². The maximum atomic E-state index is 5.21. The van der Waals surface area contributed by atoms with Gasteiger partial charge in [-0.2, -0.15) is 0 Å². The van der Waals surface area contributed by atoms with Gasteiger partial charge in [-0.05, 0) is 71.6 Å². The van der Waals surface area contributed by atoms with E-state index in [0.717, 1.165) is 55.8 Å². The van der Waals surface area contributed by atoms with Crippen LogP contribution in [0, 0.1) is 6.92 Å². The number of fused-ring (bicyclic) bond motifs is 6. The van der Waals surface area contributed by atoms with E-state index in [-0.39, 0.29) is 0 Å². The summed E-state index contributed by atoms with van der Waals surface area (Å²) in [7, 11) is 0. The third-order valence-electron chi connectivity index (χ3n) is 12.2. The van der Waals surface area contributed by atoms with E-state index in [2.05, 4.69) is 210 Å². The molecule has 0 aliphatic heterocycles. The number of nitrogens with zero attached hydrogens (tertiary/aromatic N) is 5. The highest BCUT2D eigenvalue weighted by atomic mass is 15.0. The highest BCUT2D eigenvalue weighted by Crippen LogP contribution is 2.40. The average molecular weight is 806 g/mol. The van der Waals surface area contributed by atoms with E-state index in [0.29, 0.717) is 17.5 Å². The Morgan fingerprint density at radius 2 is 0.778 bits per heavy atom. The van der Waals surface area contributed by atoms with E-state index < -0.39 is 0 Å². The van der Waals surface area contributed by atoms with Crippen molar-refractivity contribution < 1.29 is 0 Å². The van der Waals surface area contributed by atoms with Gasteiger partial charge >= 0.3 is 0 Å². The van der Waals surface area contributed by atoms with Gasteiger partial charge in [-0.1, -0.05) is 176 Å². The maximum absolute atomic E-state index is 5.21. The third-order valence-corrected chi connectivity index (χ3v) is 12.2. The van der Waals surface area contributed by atoms with Gasteiger partial charge in [-0.25, -0.2) is 15.0 Å². The second kappa shape index (κ2) is 14.9. The number of para-hydroxylation sites is 2. The molecular weight excluding hydrogens is 767 g/mol. The second-order valence-electron chi connectivity index (χ2n) is 16.1. The lowest BCUT2D eigenvalue weighted by molar-refractivity contribution is 1.07. The number of rotatable bonds is 7. The normalized spacial score (nSPS) is 11.6. The van der Waals surface area contributed by atoms with Gasteiger partial charge in [0.05, 0.1) is 27.8 Å². The Bertz CT molecular complexity index is 3660. The molecular formula is C58H39N5. The summed E-state index contributed by atoms with van der Waals surface area (Å²) in [5.74, 6) is 1.86. The number of hydrogen-bond donors (Lipinski definition) is 0.